The van der Waals surface area contributed by atoms with Crippen LogP contribution in [-0.4, -0.2) is 0 Å². The van der Waals surface area contributed by atoms with Gasteiger partial charge in [0, 0.05) is 34.1 Å². The second kappa shape index (κ2) is 10.7. The second-order valence-electron chi connectivity index (χ2n) is 10.7. The number of fused-ring (bicyclic) bond motifs is 2. The first-order chi connectivity index (χ1) is 18.8. The Morgan fingerprint density at radius 1 is 0.846 bits per heavy atom. The molecule has 1 heterocycles. The van der Waals surface area contributed by atoms with Gasteiger partial charge in [-0.25, -0.2) is 0 Å². The van der Waals surface area contributed by atoms with Crippen LogP contribution in [0.5, 0.6) is 0 Å². The van der Waals surface area contributed by atoms with E-state index in [2.05, 4.69) is 130 Å². The molecular weight excluding hydrogens is 472 g/mol. The fourth-order valence-corrected chi connectivity index (χ4v) is 5.24. The van der Waals surface area contributed by atoms with E-state index in [1.807, 2.05) is 18.2 Å². The second-order valence-corrected chi connectivity index (χ2v) is 10.7. The van der Waals surface area contributed by atoms with Crippen LogP contribution in [0.1, 0.15) is 47.2 Å². The highest BCUT2D eigenvalue weighted by atomic mass is 14.9. The number of nitrogens with one attached hydrogen (secondary N) is 1. The highest BCUT2D eigenvalue weighted by Crippen LogP contribution is 2.37. The van der Waals surface area contributed by atoms with Gasteiger partial charge in [0.2, 0.25) is 0 Å². The maximum absolute atomic E-state index is 6.75. The van der Waals surface area contributed by atoms with Crippen molar-refractivity contribution >= 4 is 23.4 Å². The minimum Gasteiger partial charge on any atom is -0.398 e. The van der Waals surface area contributed by atoms with E-state index >= 15 is 0 Å². The Morgan fingerprint density at radius 2 is 1.49 bits per heavy atom. The molecule has 0 unspecified atom stereocenters. The molecule has 1 aliphatic rings. The molecule has 0 aliphatic carbocycles. The summed E-state index contributed by atoms with van der Waals surface area (Å²) < 4.78 is 0. The third-order valence-corrected chi connectivity index (χ3v) is 7.89. The van der Waals surface area contributed by atoms with Gasteiger partial charge in [-0.1, -0.05) is 130 Å². The number of nitrogens with two attached hydrogens (primary N) is 1. The first-order valence-electron chi connectivity index (χ1n) is 13.4. The molecule has 0 amide bonds. The third kappa shape index (κ3) is 5.11. The van der Waals surface area contributed by atoms with E-state index in [1.54, 1.807) is 0 Å². The molecule has 0 fully saturated rings. The Kier molecular flexibility index (Phi) is 7.13. The molecule has 2 nitrogen and oxygen atoms in total. The molecule has 194 valence electrons. The number of allylic oxidation sites excluding steroid dienone is 1. The van der Waals surface area contributed by atoms with Crippen LogP contribution in [0.25, 0.3) is 23.4 Å². The summed E-state index contributed by atoms with van der Waals surface area (Å²) in [6, 6.07) is 33.5. The fourth-order valence-electron chi connectivity index (χ4n) is 5.24. The van der Waals surface area contributed by atoms with Crippen LogP contribution in [0.4, 0.5) is 0 Å². The quantitative estimate of drug-likeness (QED) is 0.323. The highest BCUT2D eigenvalue weighted by Gasteiger charge is 2.27. The van der Waals surface area contributed by atoms with Crippen molar-refractivity contribution in [2.24, 2.45) is 11.1 Å². The summed E-state index contributed by atoms with van der Waals surface area (Å²) in [5, 5.41) is 5.83. The molecule has 0 spiro atoms. The lowest BCUT2D eigenvalue weighted by Gasteiger charge is -2.30. The molecule has 0 bridgehead atoms. The van der Waals surface area contributed by atoms with E-state index in [4.69, 9.17) is 5.73 Å². The van der Waals surface area contributed by atoms with E-state index in [0.717, 1.165) is 55.2 Å². The molecule has 0 saturated heterocycles. The van der Waals surface area contributed by atoms with Crippen LogP contribution < -0.4 is 21.5 Å². The lowest BCUT2D eigenvalue weighted by Crippen LogP contribution is -2.32. The first-order valence-corrected chi connectivity index (χ1v) is 13.4. The Hall–Kier alpha value is -4.56. The summed E-state index contributed by atoms with van der Waals surface area (Å²) in [6.45, 7) is 16.3. The highest BCUT2D eigenvalue weighted by molar-refractivity contribution is 5.85. The maximum Gasteiger partial charge on any atom is 0.0470 e. The minimum absolute atomic E-state index is 0.377. The number of rotatable bonds is 4. The summed E-state index contributed by atoms with van der Waals surface area (Å²) in [5.41, 5.74) is 17.2. The van der Waals surface area contributed by atoms with E-state index in [1.165, 1.54) is 11.1 Å². The smallest absolute Gasteiger partial charge is 0.0470 e. The zero-order valence-corrected chi connectivity index (χ0v) is 23.1. The summed E-state index contributed by atoms with van der Waals surface area (Å²) in [5.74, 6) is 0. The first kappa shape index (κ1) is 26.1. The zero-order chi connectivity index (χ0) is 27.6. The summed E-state index contributed by atoms with van der Waals surface area (Å²) in [6.07, 6.45) is 4.43. The molecule has 39 heavy (non-hydrogen) atoms. The molecule has 4 aromatic rings. The number of hydrogen-bond acceptors (Lipinski definition) is 2. The molecule has 0 radical (unpaired) electrons. The normalized spacial score (nSPS) is 15.9. The van der Waals surface area contributed by atoms with Crippen molar-refractivity contribution in [2.45, 2.75) is 27.3 Å². The largest absolute Gasteiger partial charge is 0.398 e. The lowest BCUT2D eigenvalue weighted by atomic mass is 9.80. The van der Waals surface area contributed by atoms with Gasteiger partial charge in [0.1, 0.15) is 0 Å². The Morgan fingerprint density at radius 3 is 2.28 bits per heavy atom. The summed E-state index contributed by atoms with van der Waals surface area (Å²) in [7, 11) is 0. The SMILES string of the molecule is C=C1c2ccccc2/C=C(/C(C)(C)C(=C)/C=c2/cccc/c2=C(/N)c2ccccc2C)NCc2ccccc21. The molecular formula is C37H36N2. The molecule has 3 N–H and O–H groups in total. The lowest BCUT2D eigenvalue weighted by molar-refractivity contribution is 0.510. The predicted molar refractivity (Wildman–Crippen MR) is 167 cm³/mol. The van der Waals surface area contributed by atoms with Crippen molar-refractivity contribution in [2.75, 3.05) is 0 Å². The topological polar surface area (TPSA) is 38.0 Å². The van der Waals surface area contributed by atoms with E-state index < -0.39 is 0 Å². The van der Waals surface area contributed by atoms with Gasteiger partial charge in [-0.05, 0) is 57.2 Å². The summed E-state index contributed by atoms with van der Waals surface area (Å²) >= 11 is 0. The van der Waals surface area contributed by atoms with Crippen LogP contribution in [0.15, 0.2) is 121 Å². The van der Waals surface area contributed by atoms with Gasteiger partial charge in [0.25, 0.3) is 0 Å². The van der Waals surface area contributed by atoms with Gasteiger partial charge in [0.15, 0.2) is 0 Å². The van der Waals surface area contributed by atoms with Crippen molar-refractivity contribution in [3.63, 3.8) is 0 Å². The van der Waals surface area contributed by atoms with Crippen LogP contribution in [0, 0.1) is 12.3 Å². The van der Waals surface area contributed by atoms with Crippen LogP contribution in [-0.2, 0) is 6.54 Å². The molecule has 0 atom stereocenters. The van der Waals surface area contributed by atoms with Gasteiger partial charge < -0.3 is 11.1 Å². The van der Waals surface area contributed by atoms with Crippen LogP contribution >= 0.6 is 0 Å². The van der Waals surface area contributed by atoms with Gasteiger partial charge in [-0.2, -0.15) is 0 Å². The number of benzene rings is 4. The van der Waals surface area contributed by atoms with Crippen molar-refractivity contribution < 1.29 is 0 Å². The molecule has 1 aliphatic heterocycles. The zero-order valence-electron chi connectivity index (χ0n) is 23.1. The average Bonchev–Trinajstić information content (AvgIpc) is 3.01. The van der Waals surface area contributed by atoms with Crippen LogP contribution in [0.3, 0.4) is 0 Å². The minimum atomic E-state index is -0.377. The maximum atomic E-state index is 6.75. The van der Waals surface area contributed by atoms with Crippen molar-refractivity contribution in [1.82, 2.24) is 5.32 Å². The predicted octanol–water partition coefficient (Wildman–Crippen LogP) is 6.68. The van der Waals surface area contributed by atoms with Gasteiger partial charge in [-0.15, -0.1) is 0 Å². The summed E-state index contributed by atoms with van der Waals surface area (Å²) in [4.78, 5) is 0. The molecule has 0 saturated carbocycles. The van der Waals surface area contributed by atoms with E-state index in [0.29, 0.717) is 6.54 Å². The molecule has 4 aromatic carbocycles. The third-order valence-electron chi connectivity index (χ3n) is 7.89. The monoisotopic (exact) mass is 508 g/mol. The van der Waals surface area contributed by atoms with Gasteiger partial charge in [-0.3, -0.25) is 0 Å². The van der Waals surface area contributed by atoms with Crippen LogP contribution in [0.2, 0.25) is 0 Å². The Labute approximate surface area is 232 Å². The number of aryl methyl sites for hydroxylation is 1. The van der Waals surface area contributed by atoms with Gasteiger partial charge in [0.05, 0.1) is 0 Å². The fraction of sp³-hybridized carbons (Fsp3) is 0.135. The number of hydrogen-bond donors (Lipinski definition) is 2. The van der Waals surface area contributed by atoms with Crippen molar-refractivity contribution in [3.8, 4) is 0 Å². The Balaban J connectivity index is 1.62. The van der Waals surface area contributed by atoms with Crippen molar-refractivity contribution in [1.29, 1.82) is 0 Å². The van der Waals surface area contributed by atoms with E-state index in [9.17, 15) is 0 Å². The molecule has 5 rings (SSSR count). The van der Waals surface area contributed by atoms with Gasteiger partial charge >= 0.3 is 0 Å². The standard InChI is InChI=1S/C37H36N2/c1-25-14-6-10-18-31(25)36(38)34-21-13-8-15-28(34)22-26(2)37(4,5)35-23-29-16-7-11-19-32(29)27(3)33-20-12-9-17-30(33)24-39-35/h6-23,39H,2-3,24,38H2,1,4-5H3/b28-22-,35-23-,36-34-. The van der Waals surface area contributed by atoms with E-state index in [-0.39, 0.29) is 5.41 Å². The average molecular weight is 509 g/mol. The molecule has 0 aromatic heterocycles. The Bertz CT molecular complexity index is 1730. The molecule has 2 heteroatoms. The van der Waals surface area contributed by atoms with Crippen molar-refractivity contribution in [3.05, 3.63) is 165 Å².